The number of amides is 1. The highest BCUT2D eigenvalue weighted by Gasteiger charge is 2.20. The fourth-order valence-corrected chi connectivity index (χ4v) is 3.55. The van der Waals surface area contributed by atoms with E-state index in [1.807, 2.05) is 6.92 Å². The minimum Gasteiger partial charge on any atom is -0.460 e. The molecule has 144 valence electrons. The predicted octanol–water partition coefficient (Wildman–Crippen LogP) is 3.89. The van der Waals surface area contributed by atoms with Crippen LogP contribution in [-0.4, -0.2) is 33.0 Å². The van der Waals surface area contributed by atoms with Crippen molar-refractivity contribution in [1.29, 1.82) is 0 Å². The summed E-state index contributed by atoms with van der Waals surface area (Å²) in [7, 11) is 0. The zero-order chi connectivity index (χ0) is 19.3. The Morgan fingerprint density at radius 2 is 1.93 bits per heavy atom. The Morgan fingerprint density at radius 3 is 2.54 bits per heavy atom. The van der Waals surface area contributed by atoms with Crippen molar-refractivity contribution < 1.29 is 9.53 Å². The summed E-state index contributed by atoms with van der Waals surface area (Å²) in [5.41, 5.74) is 4.83. The first-order valence-corrected chi connectivity index (χ1v) is 10.3. The largest absolute Gasteiger partial charge is 0.460 e. The molecule has 4 rings (SSSR count). The van der Waals surface area contributed by atoms with Crippen LogP contribution >= 0.6 is 11.3 Å². The van der Waals surface area contributed by atoms with E-state index in [0.717, 1.165) is 36.0 Å². The average molecular weight is 394 g/mol. The molecule has 1 unspecified atom stereocenters. The molecule has 1 saturated carbocycles. The normalized spacial score (nSPS) is 14.9. The molecule has 1 amide bonds. The van der Waals surface area contributed by atoms with Crippen LogP contribution in [-0.2, 0) is 6.42 Å². The van der Waals surface area contributed by atoms with Crippen LogP contribution in [0.2, 0.25) is 0 Å². The van der Waals surface area contributed by atoms with Crippen LogP contribution in [0.1, 0.15) is 41.4 Å². The van der Waals surface area contributed by atoms with Crippen LogP contribution in [0.4, 0.5) is 0 Å². The third kappa shape index (κ3) is 4.54. The Bertz CT molecular complexity index is 907. The molecule has 0 spiro atoms. The molecule has 1 fully saturated rings. The summed E-state index contributed by atoms with van der Waals surface area (Å²) in [6, 6.07) is 8.74. The summed E-state index contributed by atoms with van der Waals surface area (Å²) >= 11 is 1.34. The number of benzene rings is 1. The molecule has 0 saturated heterocycles. The molecule has 0 bridgehead atoms. The Kier molecular flexibility index (Phi) is 5.62. The summed E-state index contributed by atoms with van der Waals surface area (Å²) in [5.74, 6) is -0.0759. The summed E-state index contributed by atoms with van der Waals surface area (Å²) in [5, 5.41) is 3.01. The van der Waals surface area contributed by atoms with Gasteiger partial charge in [0, 0.05) is 24.0 Å². The molecule has 28 heavy (non-hydrogen) atoms. The van der Waals surface area contributed by atoms with Crippen molar-refractivity contribution in [2.75, 3.05) is 0 Å². The average Bonchev–Trinajstić information content (AvgIpc) is 3.21. The first-order chi connectivity index (χ1) is 13.7. The maximum absolute atomic E-state index is 12.1. The van der Waals surface area contributed by atoms with Gasteiger partial charge in [-0.15, -0.1) is 11.3 Å². The third-order valence-corrected chi connectivity index (χ3v) is 5.59. The lowest BCUT2D eigenvalue weighted by atomic mass is 9.96. The minimum atomic E-state index is -0.0759. The van der Waals surface area contributed by atoms with Crippen LogP contribution in [0.3, 0.4) is 0 Å². The second kappa shape index (κ2) is 8.48. The van der Waals surface area contributed by atoms with Gasteiger partial charge in [0.05, 0.1) is 11.7 Å². The van der Waals surface area contributed by atoms with Crippen molar-refractivity contribution in [2.24, 2.45) is 0 Å². The zero-order valence-corrected chi connectivity index (χ0v) is 16.5. The van der Waals surface area contributed by atoms with Gasteiger partial charge >= 0.3 is 6.01 Å². The monoisotopic (exact) mass is 394 g/mol. The van der Waals surface area contributed by atoms with Crippen LogP contribution < -0.4 is 10.1 Å². The number of carbonyl (C=O) groups excluding carboxylic acids is 1. The number of carbonyl (C=O) groups is 1. The Morgan fingerprint density at radius 1 is 1.18 bits per heavy atom. The quantitative estimate of drug-likeness (QED) is 0.658. The van der Waals surface area contributed by atoms with E-state index in [1.54, 1.807) is 24.1 Å². The number of hydrogen-bond donors (Lipinski definition) is 1. The second-order valence-corrected chi connectivity index (χ2v) is 7.95. The number of ether oxygens (including phenoxy) is 1. The molecule has 1 aromatic carbocycles. The fourth-order valence-electron chi connectivity index (χ4n) is 3.02. The summed E-state index contributed by atoms with van der Waals surface area (Å²) in [4.78, 5) is 25.3. The predicted molar refractivity (Wildman–Crippen MR) is 108 cm³/mol. The van der Waals surface area contributed by atoms with Crippen LogP contribution in [0, 0.1) is 0 Å². The maximum atomic E-state index is 12.1. The maximum Gasteiger partial charge on any atom is 0.316 e. The first kappa shape index (κ1) is 18.6. The molecule has 1 aliphatic rings. The number of hydrogen-bond acceptors (Lipinski definition) is 6. The number of nitrogens with one attached hydrogen (secondary N) is 1. The summed E-state index contributed by atoms with van der Waals surface area (Å²) < 4.78 is 5.70. The van der Waals surface area contributed by atoms with E-state index in [1.165, 1.54) is 17.8 Å². The molecule has 2 heterocycles. The van der Waals surface area contributed by atoms with E-state index >= 15 is 0 Å². The van der Waals surface area contributed by atoms with E-state index in [2.05, 4.69) is 44.5 Å². The fraction of sp³-hybridized carbons (Fsp3) is 0.333. The number of rotatable bonds is 7. The molecule has 0 aliphatic heterocycles. The molecule has 0 radical (unpaired) electrons. The lowest BCUT2D eigenvalue weighted by molar-refractivity contribution is 0.0944. The van der Waals surface area contributed by atoms with Crippen molar-refractivity contribution in [3.63, 3.8) is 0 Å². The van der Waals surface area contributed by atoms with Crippen molar-refractivity contribution >= 4 is 17.2 Å². The molecule has 1 N–H and O–H groups in total. The van der Waals surface area contributed by atoms with E-state index in [-0.39, 0.29) is 18.1 Å². The van der Waals surface area contributed by atoms with Crippen molar-refractivity contribution in [3.05, 3.63) is 58.8 Å². The van der Waals surface area contributed by atoms with Crippen molar-refractivity contribution in [1.82, 2.24) is 20.3 Å². The van der Waals surface area contributed by atoms with Gasteiger partial charge in [0.1, 0.15) is 11.0 Å². The SMILES string of the molecule is CC(Cc1ccc(-c2cnc(OC3CCC3)nc2)cc1)NC(=O)c1cncs1. The molecule has 2 aromatic heterocycles. The van der Waals surface area contributed by atoms with Gasteiger partial charge in [0.2, 0.25) is 0 Å². The molecule has 1 aliphatic carbocycles. The highest BCUT2D eigenvalue weighted by Crippen LogP contribution is 2.24. The smallest absolute Gasteiger partial charge is 0.316 e. The summed E-state index contributed by atoms with van der Waals surface area (Å²) in [6.45, 7) is 2.00. The van der Waals surface area contributed by atoms with Crippen LogP contribution in [0.5, 0.6) is 6.01 Å². The van der Waals surface area contributed by atoms with E-state index < -0.39 is 0 Å². The highest BCUT2D eigenvalue weighted by molar-refractivity contribution is 7.11. The molecule has 3 aromatic rings. The molecule has 1 atom stereocenters. The minimum absolute atomic E-state index is 0.0340. The van der Waals surface area contributed by atoms with Gasteiger partial charge in [-0.1, -0.05) is 24.3 Å². The first-order valence-electron chi connectivity index (χ1n) is 9.45. The van der Waals surface area contributed by atoms with Gasteiger partial charge in [-0.25, -0.2) is 9.97 Å². The standard InChI is InChI=1S/C21H22N4O2S/c1-14(25-20(26)19-12-22-13-28-19)9-15-5-7-16(8-6-15)17-10-23-21(24-11-17)27-18-3-2-4-18/h5-8,10-14,18H,2-4,9H2,1H3,(H,25,26). The Hall–Kier alpha value is -2.80. The Labute approximate surface area is 168 Å². The second-order valence-electron chi connectivity index (χ2n) is 7.07. The molecular formula is C21H22N4O2S. The van der Waals surface area contributed by atoms with Crippen molar-refractivity contribution in [3.8, 4) is 17.1 Å². The van der Waals surface area contributed by atoms with E-state index in [0.29, 0.717) is 10.9 Å². The van der Waals surface area contributed by atoms with Gasteiger partial charge in [0.15, 0.2) is 0 Å². The zero-order valence-electron chi connectivity index (χ0n) is 15.7. The van der Waals surface area contributed by atoms with Gasteiger partial charge < -0.3 is 10.1 Å². The lowest BCUT2D eigenvalue weighted by Gasteiger charge is -2.24. The van der Waals surface area contributed by atoms with E-state index in [4.69, 9.17) is 4.74 Å². The molecule has 6 nitrogen and oxygen atoms in total. The number of aromatic nitrogens is 3. The van der Waals surface area contributed by atoms with Gasteiger partial charge in [0.25, 0.3) is 5.91 Å². The molecular weight excluding hydrogens is 372 g/mol. The number of thiazole rings is 1. The van der Waals surface area contributed by atoms with E-state index in [9.17, 15) is 4.79 Å². The van der Waals surface area contributed by atoms with Gasteiger partial charge in [-0.05, 0) is 43.7 Å². The van der Waals surface area contributed by atoms with Crippen molar-refractivity contribution in [2.45, 2.75) is 44.8 Å². The highest BCUT2D eigenvalue weighted by atomic mass is 32.1. The third-order valence-electron chi connectivity index (χ3n) is 4.82. The molecule has 7 heteroatoms. The lowest BCUT2D eigenvalue weighted by Crippen LogP contribution is -2.33. The van der Waals surface area contributed by atoms with Gasteiger partial charge in [-0.2, -0.15) is 0 Å². The topological polar surface area (TPSA) is 77.0 Å². The Balaban J connectivity index is 1.33. The van der Waals surface area contributed by atoms with Crippen LogP contribution in [0.25, 0.3) is 11.1 Å². The summed E-state index contributed by atoms with van der Waals surface area (Å²) in [6.07, 6.45) is 9.64. The van der Waals surface area contributed by atoms with Gasteiger partial charge in [-0.3, -0.25) is 9.78 Å². The van der Waals surface area contributed by atoms with Crippen LogP contribution in [0.15, 0.2) is 48.4 Å². The number of nitrogens with zero attached hydrogens (tertiary/aromatic N) is 3.